The van der Waals surface area contributed by atoms with Crippen LogP contribution >= 0.6 is 0 Å². The lowest BCUT2D eigenvalue weighted by atomic mass is 9.94. The van der Waals surface area contributed by atoms with Gasteiger partial charge in [-0.25, -0.2) is 0 Å². The number of allylic oxidation sites excluding steroid dienone is 2. The van der Waals surface area contributed by atoms with Gasteiger partial charge in [0.25, 0.3) is 0 Å². The zero-order chi connectivity index (χ0) is 13.4. The van der Waals surface area contributed by atoms with E-state index in [4.69, 9.17) is 4.74 Å². The molecule has 2 bridgehead atoms. The minimum Gasteiger partial charge on any atom is -0.382 e. The summed E-state index contributed by atoms with van der Waals surface area (Å²) in [7, 11) is 0. The van der Waals surface area contributed by atoms with E-state index in [1.165, 1.54) is 25.7 Å². The molecule has 1 saturated heterocycles. The molecule has 2 aliphatic carbocycles. The summed E-state index contributed by atoms with van der Waals surface area (Å²) in [4.78, 5) is 0. The molecule has 1 aromatic rings. The molecule has 4 heteroatoms. The Balaban J connectivity index is 1.29. The van der Waals surface area contributed by atoms with Gasteiger partial charge < -0.3 is 10.1 Å². The molecule has 1 aromatic heterocycles. The molecule has 1 aliphatic heterocycles. The van der Waals surface area contributed by atoms with Crippen molar-refractivity contribution in [2.75, 3.05) is 18.5 Å². The van der Waals surface area contributed by atoms with Crippen molar-refractivity contribution in [1.82, 2.24) is 9.78 Å². The molecule has 4 atom stereocenters. The van der Waals surface area contributed by atoms with Crippen molar-refractivity contribution in [3.05, 3.63) is 24.5 Å². The van der Waals surface area contributed by atoms with Gasteiger partial charge in [0, 0.05) is 19.3 Å². The molecule has 0 radical (unpaired) electrons. The van der Waals surface area contributed by atoms with Gasteiger partial charge in [-0.05, 0) is 43.4 Å². The Labute approximate surface area is 120 Å². The van der Waals surface area contributed by atoms with E-state index in [1.807, 2.05) is 10.9 Å². The average Bonchev–Trinajstić information content (AvgIpc) is 3.22. The van der Waals surface area contributed by atoms with Gasteiger partial charge in [0.05, 0.1) is 24.5 Å². The molecule has 1 saturated carbocycles. The smallest absolute Gasteiger partial charge is 0.0771 e. The van der Waals surface area contributed by atoms with Crippen molar-refractivity contribution >= 4 is 5.69 Å². The molecular weight excluding hydrogens is 250 g/mol. The van der Waals surface area contributed by atoms with E-state index in [1.54, 1.807) is 0 Å². The summed E-state index contributed by atoms with van der Waals surface area (Å²) in [5, 5.41) is 7.99. The summed E-state index contributed by atoms with van der Waals surface area (Å²) in [5.41, 5.74) is 1.15. The van der Waals surface area contributed by atoms with Gasteiger partial charge in [-0.1, -0.05) is 12.2 Å². The molecule has 2 heterocycles. The summed E-state index contributed by atoms with van der Waals surface area (Å²) in [5.74, 6) is 2.48. The van der Waals surface area contributed by atoms with Crippen LogP contribution in [0.25, 0.3) is 0 Å². The topological polar surface area (TPSA) is 39.1 Å². The standard InChI is InChI=1S/C16H23N3O/c1-2-16(20-5-1)11-19-10-15(9-18-19)17-8-14-7-12-3-4-13(14)6-12/h3-4,9-10,12-14,16-17H,1-2,5-8,11H2. The summed E-state index contributed by atoms with van der Waals surface area (Å²) < 4.78 is 7.66. The summed E-state index contributed by atoms with van der Waals surface area (Å²) >= 11 is 0. The third-order valence-corrected chi connectivity index (χ3v) is 5.03. The Bertz CT molecular complexity index is 490. The highest BCUT2D eigenvalue weighted by Gasteiger charge is 2.35. The van der Waals surface area contributed by atoms with E-state index in [9.17, 15) is 0 Å². The predicted molar refractivity (Wildman–Crippen MR) is 78.5 cm³/mol. The van der Waals surface area contributed by atoms with Gasteiger partial charge in [-0.2, -0.15) is 5.10 Å². The first-order chi connectivity index (χ1) is 9.87. The quantitative estimate of drug-likeness (QED) is 0.838. The van der Waals surface area contributed by atoms with E-state index < -0.39 is 0 Å². The number of hydrogen-bond donors (Lipinski definition) is 1. The lowest BCUT2D eigenvalue weighted by Gasteiger charge is -2.18. The second kappa shape index (κ2) is 5.24. The van der Waals surface area contributed by atoms with Crippen molar-refractivity contribution in [3.8, 4) is 0 Å². The molecule has 0 spiro atoms. The van der Waals surface area contributed by atoms with E-state index >= 15 is 0 Å². The number of ether oxygens (including phenoxy) is 1. The van der Waals surface area contributed by atoms with Gasteiger partial charge in [-0.15, -0.1) is 0 Å². The molecule has 4 rings (SSSR count). The molecule has 108 valence electrons. The van der Waals surface area contributed by atoms with Gasteiger partial charge in [0.1, 0.15) is 0 Å². The van der Waals surface area contributed by atoms with Crippen LogP contribution in [0.4, 0.5) is 5.69 Å². The molecule has 0 amide bonds. The van der Waals surface area contributed by atoms with Crippen molar-refractivity contribution in [1.29, 1.82) is 0 Å². The maximum atomic E-state index is 5.65. The van der Waals surface area contributed by atoms with Crippen LogP contribution in [0.3, 0.4) is 0 Å². The fraction of sp³-hybridized carbons (Fsp3) is 0.688. The number of hydrogen-bond acceptors (Lipinski definition) is 3. The van der Waals surface area contributed by atoms with Crippen LogP contribution in [0.15, 0.2) is 24.5 Å². The first kappa shape index (κ1) is 12.5. The van der Waals surface area contributed by atoms with Crippen LogP contribution in [0.5, 0.6) is 0 Å². The Hall–Kier alpha value is -1.29. The van der Waals surface area contributed by atoms with Crippen molar-refractivity contribution < 1.29 is 4.74 Å². The Kier molecular flexibility index (Phi) is 3.26. The Morgan fingerprint density at radius 1 is 1.35 bits per heavy atom. The lowest BCUT2D eigenvalue weighted by molar-refractivity contribution is 0.0940. The number of nitrogens with one attached hydrogen (secondary N) is 1. The van der Waals surface area contributed by atoms with Crippen LogP contribution in [0.1, 0.15) is 25.7 Å². The number of aromatic nitrogens is 2. The minimum absolute atomic E-state index is 0.360. The third kappa shape index (κ3) is 2.49. The second-order valence-corrected chi connectivity index (χ2v) is 6.51. The van der Waals surface area contributed by atoms with Crippen molar-refractivity contribution in [2.45, 2.75) is 38.3 Å². The van der Waals surface area contributed by atoms with Crippen molar-refractivity contribution in [3.63, 3.8) is 0 Å². The minimum atomic E-state index is 0.360. The molecule has 0 aromatic carbocycles. The molecule has 1 N–H and O–H groups in total. The Morgan fingerprint density at radius 3 is 3.10 bits per heavy atom. The van der Waals surface area contributed by atoms with Crippen LogP contribution in [0, 0.1) is 17.8 Å². The monoisotopic (exact) mass is 273 g/mol. The molecule has 2 fully saturated rings. The van der Waals surface area contributed by atoms with Crippen LogP contribution in [-0.2, 0) is 11.3 Å². The highest BCUT2D eigenvalue weighted by molar-refractivity contribution is 5.38. The summed E-state index contributed by atoms with van der Waals surface area (Å²) in [6, 6.07) is 0. The molecule has 4 nitrogen and oxygen atoms in total. The third-order valence-electron chi connectivity index (χ3n) is 5.03. The summed E-state index contributed by atoms with van der Waals surface area (Å²) in [6.45, 7) is 2.88. The highest BCUT2D eigenvalue weighted by atomic mass is 16.5. The number of nitrogens with zero attached hydrogens (tertiary/aromatic N) is 2. The largest absolute Gasteiger partial charge is 0.382 e. The maximum Gasteiger partial charge on any atom is 0.0771 e. The van der Waals surface area contributed by atoms with Gasteiger partial charge in [0.15, 0.2) is 0 Å². The van der Waals surface area contributed by atoms with E-state index in [-0.39, 0.29) is 0 Å². The predicted octanol–water partition coefficient (Wildman–Crippen LogP) is 2.69. The lowest BCUT2D eigenvalue weighted by Crippen LogP contribution is -2.18. The highest BCUT2D eigenvalue weighted by Crippen LogP contribution is 2.43. The van der Waals surface area contributed by atoms with Crippen molar-refractivity contribution in [2.24, 2.45) is 17.8 Å². The normalized spacial score (nSPS) is 35.0. The Morgan fingerprint density at radius 2 is 2.35 bits per heavy atom. The van der Waals surface area contributed by atoms with E-state index in [0.717, 1.165) is 43.1 Å². The zero-order valence-electron chi connectivity index (χ0n) is 11.9. The van der Waals surface area contributed by atoms with Crippen LogP contribution in [-0.4, -0.2) is 29.0 Å². The first-order valence-electron chi connectivity index (χ1n) is 7.93. The molecule has 20 heavy (non-hydrogen) atoms. The first-order valence-corrected chi connectivity index (χ1v) is 7.93. The maximum absolute atomic E-state index is 5.65. The molecule has 3 aliphatic rings. The van der Waals surface area contributed by atoms with Gasteiger partial charge in [-0.3, -0.25) is 4.68 Å². The fourth-order valence-electron chi connectivity index (χ4n) is 3.93. The number of anilines is 1. The van der Waals surface area contributed by atoms with Crippen LogP contribution < -0.4 is 5.32 Å². The molecule has 4 unspecified atom stereocenters. The van der Waals surface area contributed by atoms with E-state index in [0.29, 0.717) is 6.10 Å². The van der Waals surface area contributed by atoms with E-state index in [2.05, 4.69) is 28.8 Å². The zero-order valence-corrected chi connectivity index (χ0v) is 11.9. The molecular formula is C16H23N3O. The average molecular weight is 273 g/mol. The van der Waals surface area contributed by atoms with Crippen LogP contribution in [0.2, 0.25) is 0 Å². The SMILES string of the molecule is C1=CC2CC1CC2CNc1cnn(CC2CCCO2)c1. The summed E-state index contributed by atoms with van der Waals surface area (Å²) in [6.07, 6.45) is 14.3. The number of rotatable bonds is 5. The number of fused-ring (bicyclic) bond motifs is 2. The second-order valence-electron chi connectivity index (χ2n) is 6.51. The van der Waals surface area contributed by atoms with Gasteiger partial charge in [0.2, 0.25) is 0 Å². The fourth-order valence-corrected chi connectivity index (χ4v) is 3.93. The van der Waals surface area contributed by atoms with Gasteiger partial charge >= 0.3 is 0 Å².